The van der Waals surface area contributed by atoms with Crippen LogP contribution in [0.5, 0.6) is 0 Å². The van der Waals surface area contributed by atoms with Gasteiger partial charge in [0.25, 0.3) is 0 Å². The van der Waals surface area contributed by atoms with Gasteiger partial charge < -0.3 is 4.90 Å². The van der Waals surface area contributed by atoms with Gasteiger partial charge in [-0.1, -0.05) is 35.4 Å². The molecule has 0 aliphatic carbocycles. The topological polar surface area (TPSA) is 28.5 Å². The van der Waals surface area contributed by atoms with Crippen molar-refractivity contribution in [3.63, 3.8) is 0 Å². The van der Waals surface area contributed by atoms with E-state index in [0.717, 1.165) is 17.2 Å². The minimum atomic E-state index is -0.0556. The van der Waals surface area contributed by atoms with Gasteiger partial charge in [0.05, 0.1) is 16.5 Å². The van der Waals surface area contributed by atoms with E-state index in [2.05, 4.69) is 39.6 Å². The summed E-state index contributed by atoms with van der Waals surface area (Å²) in [6.45, 7) is 1.90. The minimum absolute atomic E-state index is 0.0556. The molecule has 17 heavy (non-hydrogen) atoms. The lowest BCUT2D eigenvalue weighted by Gasteiger charge is -2.11. The quantitative estimate of drug-likeness (QED) is 0.470. The molecule has 0 spiro atoms. The number of rotatable bonds is 2. The number of thiocarbonyl (C=S) groups is 2. The maximum absolute atomic E-state index is 4.77. The van der Waals surface area contributed by atoms with Crippen molar-refractivity contribution in [2.45, 2.75) is 6.92 Å². The van der Waals surface area contributed by atoms with Crippen LogP contribution in [0.25, 0.3) is 0 Å². The first-order valence-corrected chi connectivity index (χ1v) is 6.03. The number of aryl methyl sites for hydroxylation is 1. The molecule has 7 heteroatoms. The average Bonchev–Trinajstić information content (AvgIpc) is 2.20. The van der Waals surface area contributed by atoms with Gasteiger partial charge in [-0.2, -0.15) is 4.99 Å². The molecule has 0 radical (unpaired) electrons. The second-order valence-electron chi connectivity index (χ2n) is 3.10. The standard InChI is InChI=1S/C9H11N3S.CCl2S/c1-7-8(10-6-13)4-5-9(11-7)12(2)3;2-1(3)4/h4-5H,1-3H3;. The second kappa shape index (κ2) is 8.50. The molecule has 0 unspecified atom stereocenters. The van der Waals surface area contributed by atoms with Crippen LogP contribution in [0.3, 0.4) is 0 Å². The lowest BCUT2D eigenvalue weighted by atomic mass is 10.3. The Labute approximate surface area is 121 Å². The van der Waals surface area contributed by atoms with Crippen LogP contribution in [0.15, 0.2) is 17.1 Å². The Bertz CT molecular complexity index is 439. The highest BCUT2D eigenvalue weighted by Gasteiger charge is 2.00. The van der Waals surface area contributed by atoms with Crippen LogP contribution < -0.4 is 4.90 Å². The highest BCUT2D eigenvalue weighted by atomic mass is 35.5. The molecule has 0 aromatic carbocycles. The summed E-state index contributed by atoms with van der Waals surface area (Å²) >= 11 is 18.1. The zero-order valence-electron chi connectivity index (χ0n) is 9.57. The Morgan fingerprint density at radius 1 is 1.41 bits per heavy atom. The average molecular weight is 308 g/mol. The first-order valence-electron chi connectivity index (χ1n) is 4.46. The molecule has 1 aromatic rings. The van der Waals surface area contributed by atoms with Crippen molar-refractivity contribution in [1.29, 1.82) is 0 Å². The van der Waals surface area contributed by atoms with Gasteiger partial charge in [-0.3, -0.25) is 0 Å². The molecule has 0 aliphatic rings. The monoisotopic (exact) mass is 307 g/mol. The smallest absolute Gasteiger partial charge is 0.169 e. The summed E-state index contributed by atoms with van der Waals surface area (Å²) in [4.78, 5) is 10.2. The number of aliphatic imine (C=N–C) groups is 1. The van der Waals surface area contributed by atoms with E-state index in [9.17, 15) is 0 Å². The molecule has 1 aromatic heterocycles. The summed E-state index contributed by atoms with van der Waals surface area (Å²) in [5.41, 5.74) is 1.64. The van der Waals surface area contributed by atoms with E-state index < -0.39 is 0 Å². The van der Waals surface area contributed by atoms with E-state index in [1.54, 1.807) is 0 Å². The number of anilines is 1. The number of hydrogen-bond donors (Lipinski definition) is 0. The maximum atomic E-state index is 4.77. The number of nitrogens with zero attached hydrogens (tertiary/aromatic N) is 3. The Balaban J connectivity index is 0.000000557. The molecule has 0 saturated heterocycles. The molecule has 0 N–H and O–H groups in total. The van der Waals surface area contributed by atoms with Crippen molar-refractivity contribution in [1.82, 2.24) is 4.98 Å². The molecule has 0 atom stereocenters. The van der Waals surface area contributed by atoms with Crippen LogP contribution in [0.4, 0.5) is 11.5 Å². The largest absolute Gasteiger partial charge is 0.363 e. The summed E-state index contributed by atoms with van der Waals surface area (Å²) in [6.07, 6.45) is 0. The lowest BCUT2D eigenvalue weighted by Crippen LogP contribution is -2.10. The summed E-state index contributed by atoms with van der Waals surface area (Å²) in [5.74, 6) is 0.917. The molecule has 1 rings (SSSR count). The van der Waals surface area contributed by atoms with Crippen LogP contribution >= 0.6 is 47.6 Å². The van der Waals surface area contributed by atoms with Crippen molar-refractivity contribution in [2.24, 2.45) is 4.99 Å². The fraction of sp³-hybridized carbons (Fsp3) is 0.300. The predicted octanol–water partition coefficient (Wildman–Crippen LogP) is 3.94. The molecule has 0 aliphatic heterocycles. The molecule has 0 amide bonds. The van der Waals surface area contributed by atoms with Crippen molar-refractivity contribution in [3.05, 3.63) is 17.8 Å². The molecule has 3 nitrogen and oxygen atoms in total. The fourth-order valence-corrected chi connectivity index (χ4v) is 1.06. The third kappa shape index (κ3) is 7.36. The lowest BCUT2D eigenvalue weighted by molar-refractivity contribution is 1.04. The van der Waals surface area contributed by atoms with Crippen LogP contribution in [-0.4, -0.2) is 28.0 Å². The second-order valence-corrected chi connectivity index (χ2v) is 5.09. The van der Waals surface area contributed by atoms with Gasteiger partial charge in [-0.15, -0.1) is 0 Å². The van der Waals surface area contributed by atoms with E-state index in [1.807, 2.05) is 38.1 Å². The third-order valence-electron chi connectivity index (χ3n) is 1.67. The number of hydrogen-bond acceptors (Lipinski definition) is 5. The Hall–Kier alpha value is -0.580. The number of aromatic nitrogens is 1. The Kier molecular flexibility index (Phi) is 8.21. The molecule has 92 valence electrons. The number of halogens is 2. The first-order chi connectivity index (χ1) is 7.88. The number of pyridine rings is 1. The van der Waals surface area contributed by atoms with Crippen LogP contribution in [0.2, 0.25) is 0 Å². The summed E-state index contributed by atoms with van der Waals surface area (Å²) in [6, 6.07) is 3.79. The van der Waals surface area contributed by atoms with E-state index in [4.69, 9.17) is 23.2 Å². The SMILES string of the molecule is Cc1nc(N(C)C)ccc1N=C=S.S=C(Cl)Cl. The molecule has 0 saturated carbocycles. The van der Waals surface area contributed by atoms with Gasteiger partial charge in [0, 0.05) is 14.1 Å². The van der Waals surface area contributed by atoms with Crippen molar-refractivity contribution >= 4 is 68.1 Å². The fourth-order valence-electron chi connectivity index (χ4n) is 0.957. The van der Waals surface area contributed by atoms with E-state index in [-0.39, 0.29) is 3.78 Å². The van der Waals surface area contributed by atoms with Gasteiger partial charge in [0.15, 0.2) is 3.78 Å². The normalized spacial score (nSPS) is 8.53. The van der Waals surface area contributed by atoms with Crippen molar-refractivity contribution in [3.8, 4) is 0 Å². The van der Waals surface area contributed by atoms with Gasteiger partial charge in [0.2, 0.25) is 0 Å². The molecular formula is C10H11Cl2N3S2. The third-order valence-corrected chi connectivity index (χ3v) is 1.76. The zero-order valence-corrected chi connectivity index (χ0v) is 12.7. The molecule has 0 fully saturated rings. The van der Waals surface area contributed by atoms with E-state index >= 15 is 0 Å². The summed E-state index contributed by atoms with van der Waals surface area (Å²) in [7, 11) is 3.90. The summed E-state index contributed by atoms with van der Waals surface area (Å²) in [5, 5.41) is 2.33. The highest BCUT2D eigenvalue weighted by Crippen LogP contribution is 2.19. The minimum Gasteiger partial charge on any atom is -0.363 e. The number of isothiocyanates is 1. The summed E-state index contributed by atoms with van der Waals surface area (Å²) < 4.78 is -0.0556. The first kappa shape index (κ1) is 16.4. The van der Waals surface area contributed by atoms with Gasteiger partial charge in [-0.05, 0) is 31.3 Å². The van der Waals surface area contributed by atoms with Crippen LogP contribution in [-0.2, 0) is 0 Å². The molecular weight excluding hydrogens is 297 g/mol. The van der Waals surface area contributed by atoms with Gasteiger partial charge in [-0.25, -0.2) is 4.98 Å². The predicted molar refractivity (Wildman–Crippen MR) is 82.3 cm³/mol. The maximum Gasteiger partial charge on any atom is 0.169 e. The van der Waals surface area contributed by atoms with E-state index in [1.165, 1.54) is 0 Å². The van der Waals surface area contributed by atoms with Crippen molar-refractivity contribution < 1.29 is 0 Å². The van der Waals surface area contributed by atoms with Crippen LogP contribution in [0, 0.1) is 6.92 Å². The molecule has 0 bridgehead atoms. The van der Waals surface area contributed by atoms with Crippen LogP contribution in [0.1, 0.15) is 5.69 Å². The van der Waals surface area contributed by atoms with E-state index in [0.29, 0.717) is 0 Å². The van der Waals surface area contributed by atoms with Crippen molar-refractivity contribution in [2.75, 3.05) is 19.0 Å². The Morgan fingerprint density at radius 2 is 1.94 bits per heavy atom. The van der Waals surface area contributed by atoms with Gasteiger partial charge >= 0.3 is 0 Å². The Morgan fingerprint density at radius 3 is 2.29 bits per heavy atom. The highest BCUT2D eigenvalue weighted by molar-refractivity contribution is 7.86. The van der Waals surface area contributed by atoms with Gasteiger partial charge in [0.1, 0.15) is 5.82 Å². The zero-order chi connectivity index (χ0) is 13.4. The molecule has 1 heterocycles.